The number of hydrogen-bond acceptors (Lipinski definition) is 4. The molecule has 1 fully saturated rings. The average molecular weight is 364 g/mol. The molecule has 1 N–H and O–H groups in total. The molecule has 1 atom stereocenters. The van der Waals surface area contributed by atoms with Gasteiger partial charge in [-0.25, -0.2) is 0 Å². The second-order valence-corrected chi connectivity index (χ2v) is 6.29. The highest BCUT2D eigenvalue weighted by atomic mass is 79.9. The summed E-state index contributed by atoms with van der Waals surface area (Å²) in [5.41, 5.74) is 0.550. The van der Waals surface area contributed by atoms with Gasteiger partial charge in [-0.3, -0.25) is 14.7 Å². The SMILES string of the molecule is O=C(NC[C@@H](c1ccco1)N1CCCC1)c1cncc(Br)c1. The second-order valence-electron chi connectivity index (χ2n) is 5.38. The summed E-state index contributed by atoms with van der Waals surface area (Å²) in [6.07, 6.45) is 7.30. The lowest BCUT2D eigenvalue weighted by molar-refractivity contribution is 0.0933. The molecule has 0 saturated carbocycles. The minimum absolute atomic E-state index is 0.0848. The van der Waals surface area contributed by atoms with Gasteiger partial charge in [-0.05, 0) is 60.1 Å². The van der Waals surface area contributed by atoms with Crippen LogP contribution >= 0.6 is 15.9 Å². The highest BCUT2D eigenvalue weighted by Crippen LogP contribution is 2.25. The number of carbonyl (C=O) groups is 1. The van der Waals surface area contributed by atoms with E-state index in [9.17, 15) is 4.79 Å². The van der Waals surface area contributed by atoms with Crippen LogP contribution in [0, 0.1) is 0 Å². The van der Waals surface area contributed by atoms with Gasteiger partial charge < -0.3 is 9.73 Å². The van der Waals surface area contributed by atoms with E-state index < -0.39 is 0 Å². The van der Waals surface area contributed by atoms with Crippen molar-refractivity contribution >= 4 is 21.8 Å². The van der Waals surface area contributed by atoms with Crippen LogP contribution in [0.3, 0.4) is 0 Å². The lowest BCUT2D eigenvalue weighted by Gasteiger charge is -2.26. The maximum absolute atomic E-state index is 12.3. The van der Waals surface area contributed by atoms with Gasteiger partial charge in [-0.1, -0.05) is 0 Å². The molecule has 1 amide bonds. The Labute approximate surface area is 137 Å². The van der Waals surface area contributed by atoms with Crippen molar-refractivity contribution in [3.63, 3.8) is 0 Å². The molecule has 3 heterocycles. The van der Waals surface area contributed by atoms with E-state index in [1.54, 1.807) is 24.7 Å². The van der Waals surface area contributed by atoms with Crippen LogP contribution in [0.2, 0.25) is 0 Å². The summed E-state index contributed by atoms with van der Waals surface area (Å²) < 4.78 is 6.35. The number of carbonyl (C=O) groups excluding carboxylic acids is 1. The minimum Gasteiger partial charge on any atom is -0.468 e. The number of rotatable bonds is 5. The average Bonchev–Trinajstić information content (AvgIpc) is 3.21. The fourth-order valence-electron chi connectivity index (χ4n) is 2.77. The van der Waals surface area contributed by atoms with Crippen LogP contribution in [0.15, 0.2) is 45.7 Å². The highest BCUT2D eigenvalue weighted by molar-refractivity contribution is 9.10. The van der Waals surface area contributed by atoms with Gasteiger partial charge in [0.25, 0.3) is 5.91 Å². The number of nitrogens with one attached hydrogen (secondary N) is 1. The standard InChI is InChI=1S/C16H18BrN3O2/c17-13-8-12(9-18-10-13)16(21)19-11-14(15-4-3-7-22-15)20-5-1-2-6-20/h3-4,7-10,14H,1-2,5-6,11H2,(H,19,21)/t14-/m0/s1. The van der Waals surface area contributed by atoms with Crippen LogP contribution in [-0.4, -0.2) is 35.4 Å². The van der Waals surface area contributed by atoms with Gasteiger partial charge in [0, 0.05) is 23.4 Å². The normalized spacial score (nSPS) is 16.6. The zero-order valence-corrected chi connectivity index (χ0v) is 13.8. The van der Waals surface area contributed by atoms with Crippen molar-refractivity contribution in [3.8, 4) is 0 Å². The van der Waals surface area contributed by atoms with Crippen molar-refractivity contribution in [2.45, 2.75) is 18.9 Å². The van der Waals surface area contributed by atoms with E-state index >= 15 is 0 Å². The van der Waals surface area contributed by atoms with Crippen LogP contribution in [0.5, 0.6) is 0 Å². The fraction of sp³-hybridized carbons (Fsp3) is 0.375. The number of aromatic nitrogens is 1. The van der Waals surface area contributed by atoms with Gasteiger partial charge in [0.05, 0.1) is 17.9 Å². The van der Waals surface area contributed by atoms with Gasteiger partial charge in [0.15, 0.2) is 0 Å². The van der Waals surface area contributed by atoms with E-state index in [1.165, 1.54) is 12.8 Å². The molecule has 3 rings (SSSR count). The first-order valence-electron chi connectivity index (χ1n) is 7.40. The molecule has 5 nitrogen and oxygen atoms in total. The van der Waals surface area contributed by atoms with Crippen molar-refractivity contribution in [2.75, 3.05) is 19.6 Å². The van der Waals surface area contributed by atoms with Crippen LogP contribution < -0.4 is 5.32 Å². The minimum atomic E-state index is -0.121. The van der Waals surface area contributed by atoms with Crippen LogP contribution in [0.1, 0.15) is 35.0 Å². The molecule has 0 radical (unpaired) electrons. The maximum atomic E-state index is 12.3. The van der Waals surface area contributed by atoms with Crippen molar-refractivity contribution < 1.29 is 9.21 Å². The summed E-state index contributed by atoms with van der Waals surface area (Å²) in [5.74, 6) is 0.777. The van der Waals surface area contributed by atoms with Crippen molar-refractivity contribution in [1.29, 1.82) is 0 Å². The number of likely N-dealkylation sites (tertiary alicyclic amines) is 1. The van der Waals surface area contributed by atoms with E-state index in [2.05, 4.69) is 31.1 Å². The fourth-order valence-corrected chi connectivity index (χ4v) is 3.14. The number of pyridine rings is 1. The van der Waals surface area contributed by atoms with Gasteiger partial charge in [-0.15, -0.1) is 0 Å². The number of hydrogen-bond donors (Lipinski definition) is 1. The van der Waals surface area contributed by atoms with Crippen LogP contribution in [0.25, 0.3) is 0 Å². The first kappa shape index (κ1) is 15.2. The van der Waals surface area contributed by atoms with Gasteiger partial charge in [0.1, 0.15) is 5.76 Å². The van der Waals surface area contributed by atoms with Crippen molar-refractivity contribution in [3.05, 3.63) is 52.7 Å². The molecule has 0 aliphatic carbocycles. The summed E-state index contributed by atoms with van der Waals surface area (Å²) in [6, 6.07) is 5.70. The number of halogens is 1. The smallest absolute Gasteiger partial charge is 0.252 e. The lowest BCUT2D eigenvalue weighted by atomic mass is 10.2. The molecule has 0 spiro atoms. The molecule has 22 heavy (non-hydrogen) atoms. The predicted molar refractivity (Wildman–Crippen MR) is 86.5 cm³/mol. The third-order valence-corrected chi connectivity index (χ3v) is 4.31. The summed E-state index contributed by atoms with van der Waals surface area (Å²) in [4.78, 5) is 18.6. The zero-order chi connectivity index (χ0) is 15.4. The second kappa shape index (κ2) is 7.07. The first-order chi connectivity index (χ1) is 10.7. The Morgan fingerprint density at radius 2 is 2.23 bits per heavy atom. The van der Waals surface area contributed by atoms with Gasteiger partial charge in [-0.2, -0.15) is 0 Å². The van der Waals surface area contributed by atoms with E-state index in [-0.39, 0.29) is 11.9 Å². The molecule has 0 aromatic carbocycles. The van der Waals surface area contributed by atoms with E-state index in [0.717, 1.165) is 23.3 Å². The topological polar surface area (TPSA) is 58.4 Å². The molecule has 2 aromatic heterocycles. The Morgan fingerprint density at radius 1 is 1.41 bits per heavy atom. The largest absolute Gasteiger partial charge is 0.468 e. The third kappa shape index (κ3) is 3.56. The number of amides is 1. The molecular formula is C16H18BrN3O2. The predicted octanol–water partition coefficient (Wildman–Crippen LogP) is 3.00. The lowest BCUT2D eigenvalue weighted by Crippen LogP contribution is -2.36. The summed E-state index contributed by atoms with van der Waals surface area (Å²) >= 11 is 3.33. The van der Waals surface area contributed by atoms with E-state index in [4.69, 9.17) is 4.42 Å². The summed E-state index contributed by atoms with van der Waals surface area (Å²) in [6.45, 7) is 2.61. The molecule has 1 aliphatic rings. The molecule has 1 saturated heterocycles. The Balaban J connectivity index is 1.67. The number of nitrogens with zero attached hydrogens (tertiary/aromatic N) is 2. The summed E-state index contributed by atoms with van der Waals surface area (Å²) in [5, 5.41) is 2.99. The maximum Gasteiger partial charge on any atom is 0.252 e. The summed E-state index contributed by atoms with van der Waals surface area (Å²) in [7, 11) is 0. The molecule has 0 bridgehead atoms. The Bertz CT molecular complexity index is 624. The number of furan rings is 1. The molecule has 6 heteroatoms. The van der Waals surface area contributed by atoms with E-state index in [1.807, 2.05) is 12.1 Å². The molecule has 116 valence electrons. The molecule has 2 aromatic rings. The Kier molecular flexibility index (Phi) is 4.90. The third-order valence-electron chi connectivity index (χ3n) is 3.88. The quantitative estimate of drug-likeness (QED) is 0.886. The van der Waals surface area contributed by atoms with Gasteiger partial charge in [0.2, 0.25) is 0 Å². The molecular weight excluding hydrogens is 346 g/mol. The molecule has 1 aliphatic heterocycles. The van der Waals surface area contributed by atoms with E-state index in [0.29, 0.717) is 12.1 Å². The van der Waals surface area contributed by atoms with Crippen molar-refractivity contribution in [2.24, 2.45) is 0 Å². The van der Waals surface area contributed by atoms with Gasteiger partial charge >= 0.3 is 0 Å². The molecule has 0 unspecified atom stereocenters. The highest BCUT2D eigenvalue weighted by Gasteiger charge is 2.26. The Morgan fingerprint density at radius 3 is 2.91 bits per heavy atom. The van der Waals surface area contributed by atoms with Crippen LogP contribution in [0.4, 0.5) is 0 Å². The first-order valence-corrected chi connectivity index (χ1v) is 8.19. The monoisotopic (exact) mass is 363 g/mol. The zero-order valence-electron chi connectivity index (χ0n) is 12.2. The van der Waals surface area contributed by atoms with Crippen molar-refractivity contribution in [1.82, 2.24) is 15.2 Å². The Hall–Kier alpha value is -1.66. The van der Waals surface area contributed by atoms with Crippen LogP contribution in [-0.2, 0) is 0 Å².